The van der Waals surface area contributed by atoms with Crippen LogP contribution in [0, 0.1) is 0 Å². The van der Waals surface area contributed by atoms with Crippen molar-refractivity contribution in [2.24, 2.45) is 0 Å². The molecule has 13 heavy (non-hydrogen) atoms. The standard InChI is InChI=1S/C12H9Cl/c1-2-9-7-10-5-3-4-6-11(10)12(13)8-9/h2-8H,1H2. The smallest absolute Gasteiger partial charge is 0.0490 e. The van der Waals surface area contributed by atoms with E-state index in [9.17, 15) is 0 Å². The predicted molar refractivity (Wildman–Crippen MR) is 59.0 cm³/mol. The minimum atomic E-state index is 0.785. The van der Waals surface area contributed by atoms with Crippen LogP contribution < -0.4 is 0 Å². The molecular formula is C12H9Cl. The van der Waals surface area contributed by atoms with Gasteiger partial charge in [0.15, 0.2) is 0 Å². The molecule has 0 unspecified atom stereocenters. The summed E-state index contributed by atoms with van der Waals surface area (Å²) >= 11 is 6.09. The number of rotatable bonds is 1. The molecular weight excluding hydrogens is 180 g/mol. The monoisotopic (exact) mass is 188 g/mol. The van der Waals surface area contributed by atoms with Crippen molar-refractivity contribution in [1.82, 2.24) is 0 Å². The zero-order valence-electron chi connectivity index (χ0n) is 7.13. The Morgan fingerprint density at radius 1 is 1.15 bits per heavy atom. The summed E-state index contributed by atoms with van der Waals surface area (Å²) in [7, 11) is 0. The van der Waals surface area contributed by atoms with Crippen LogP contribution in [0.2, 0.25) is 5.02 Å². The molecule has 0 amide bonds. The van der Waals surface area contributed by atoms with Gasteiger partial charge in [0.25, 0.3) is 0 Å². The van der Waals surface area contributed by atoms with Gasteiger partial charge in [-0.15, -0.1) is 0 Å². The lowest BCUT2D eigenvalue weighted by Gasteiger charge is -2.01. The molecule has 0 saturated heterocycles. The van der Waals surface area contributed by atoms with Gasteiger partial charge in [0.05, 0.1) is 0 Å². The van der Waals surface area contributed by atoms with Crippen molar-refractivity contribution in [3.05, 3.63) is 53.6 Å². The first-order valence-corrected chi connectivity index (χ1v) is 4.50. The van der Waals surface area contributed by atoms with E-state index in [1.165, 1.54) is 0 Å². The van der Waals surface area contributed by atoms with E-state index in [2.05, 4.69) is 12.6 Å². The van der Waals surface area contributed by atoms with Gasteiger partial charge in [0, 0.05) is 10.4 Å². The van der Waals surface area contributed by atoms with Crippen LogP contribution in [0.25, 0.3) is 16.8 Å². The minimum Gasteiger partial charge on any atom is -0.0985 e. The van der Waals surface area contributed by atoms with Crippen molar-refractivity contribution in [1.29, 1.82) is 0 Å². The first-order valence-electron chi connectivity index (χ1n) is 4.12. The highest BCUT2D eigenvalue weighted by Crippen LogP contribution is 2.25. The number of benzene rings is 2. The molecule has 2 aromatic carbocycles. The van der Waals surface area contributed by atoms with Crippen LogP contribution in [-0.4, -0.2) is 0 Å². The third-order valence-corrected chi connectivity index (χ3v) is 2.38. The summed E-state index contributed by atoms with van der Waals surface area (Å²) in [5, 5.41) is 3.03. The lowest BCUT2D eigenvalue weighted by atomic mass is 10.1. The molecule has 2 rings (SSSR count). The zero-order valence-corrected chi connectivity index (χ0v) is 7.88. The molecule has 0 fully saturated rings. The summed E-state index contributed by atoms with van der Waals surface area (Å²) in [5.74, 6) is 0. The fourth-order valence-electron chi connectivity index (χ4n) is 1.40. The van der Waals surface area contributed by atoms with Gasteiger partial charge >= 0.3 is 0 Å². The molecule has 0 aromatic heterocycles. The van der Waals surface area contributed by atoms with Gasteiger partial charge in [0.2, 0.25) is 0 Å². The Balaban J connectivity index is 2.84. The maximum atomic E-state index is 6.09. The molecule has 0 spiro atoms. The van der Waals surface area contributed by atoms with E-state index in [0.717, 1.165) is 21.4 Å². The molecule has 0 nitrogen and oxygen atoms in total. The van der Waals surface area contributed by atoms with Crippen molar-refractivity contribution >= 4 is 28.4 Å². The van der Waals surface area contributed by atoms with E-state index in [4.69, 9.17) is 11.6 Å². The topological polar surface area (TPSA) is 0 Å². The second kappa shape index (κ2) is 3.23. The highest BCUT2D eigenvalue weighted by Gasteiger charge is 1.98. The molecule has 0 saturated carbocycles. The van der Waals surface area contributed by atoms with Crippen LogP contribution in [-0.2, 0) is 0 Å². The first-order chi connectivity index (χ1) is 6.31. The summed E-state index contributed by atoms with van der Waals surface area (Å²) in [6, 6.07) is 12.1. The number of fused-ring (bicyclic) bond motifs is 1. The third kappa shape index (κ3) is 1.45. The Morgan fingerprint density at radius 2 is 1.92 bits per heavy atom. The summed E-state index contributed by atoms with van der Waals surface area (Å²) in [6.45, 7) is 3.72. The fourth-order valence-corrected chi connectivity index (χ4v) is 1.70. The molecule has 0 aliphatic heterocycles. The zero-order chi connectivity index (χ0) is 9.26. The number of hydrogen-bond acceptors (Lipinski definition) is 0. The molecule has 0 heterocycles. The van der Waals surface area contributed by atoms with Gasteiger partial charge in [-0.25, -0.2) is 0 Å². The van der Waals surface area contributed by atoms with Crippen LogP contribution in [0.1, 0.15) is 5.56 Å². The van der Waals surface area contributed by atoms with Gasteiger partial charge in [0.1, 0.15) is 0 Å². The lowest BCUT2D eigenvalue weighted by Crippen LogP contribution is -1.76. The second-order valence-electron chi connectivity index (χ2n) is 2.93. The summed E-state index contributed by atoms with van der Waals surface area (Å²) in [6.07, 6.45) is 1.80. The van der Waals surface area contributed by atoms with Crippen molar-refractivity contribution in [2.45, 2.75) is 0 Å². The largest absolute Gasteiger partial charge is 0.0985 e. The van der Waals surface area contributed by atoms with Crippen molar-refractivity contribution < 1.29 is 0 Å². The van der Waals surface area contributed by atoms with E-state index in [1.807, 2.05) is 30.3 Å². The van der Waals surface area contributed by atoms with Crippen LogP contribution in [0.3, 0.4) is 0 Å². The summed E-state index contributed by atoms with van der Waals surface area (Å²) in [5.41, 5.74) is 1.06. The number of halogens is 1. The molecule has 2 aromatic rings. The Morgan fingerprint density at radius 3 is 2.69 bits per heavy atom. The molecule has 64 valence electrons. The van der Waals surface area contributed by atoms with E-state index < -0.39 is 0 Å². The lowest BCUT2D eigenvalue weighted by molar-refractivity contribution is 1.71. The van der Waals surface area contributed by atoms with Gasteiger partial charge in [-0.2, -0.15) is 0 Å². The van der Waals surface area contributed by atoms with E-state index >= 15 is 0 Å². The van der Waals surface area contributed by atoms with Gasteiger partial charge in [-0.1, -0.05) is 48.5 Å². The highest BCUT2D eigenvalue weighted by molar-refractivity contribution is 6.35. The molecule has 0 atom stereocenters. The minimum absolute atomic E-state index is 0.785. The average Bonchev–Trinajstić information content (AvgIpc) is 2.18. The second-order valence-corrected chi connectivity index (χ2v) is 3.34. The van der Waals surface area contributed by atoms with Gasteiger partial charge < -0.3 is 0 Å². The quantitative estimate of drug-likeness (QED) is 0.631. The molecule has 0 aliphatic rings. The van der Waals surface area contributed by atoms with Crippen LogP contribution in [0.5, 0.6) is 0 Å². The third-order valence-electron chi connectivity index (χ3n) is 2.07. The fraction of sp³-hybridized carbons (Fsp3) is 0. The van der Waals surface area contributed by atoms with Gasteiger partial charge in [-0.3, -0.25) is 0 Å². The van der Waals surface area contributed by atoms with Crippen molar-refractivity contribution in [3.8, 4) is 0 Å². The molecule has 0 N–H and O–H groups in total. The van der Waals surface area contributed by atoms with Gasteiger partial charge in [-0.05, 0) is 23.1 Å². The molecule has 1 heteroatoms. The predicted octanol–water partition coefficient (Wildman–Crippen LogP) is 4.14. The molecule has 0 radical (unpaired) electrons. The Hall–Kier alpha value is -1.27. The summed E-state index contributed by atoms with van der Waals surface area (Å²) in [4.78, 5) is 0. The van der Waals surface area contributed by atoms with Crippen LogP contribution in [0.4, 0.5) is 0 Å². The van der Waals surface area contributed by atoms with Crippen LogP contribution >= 0.6 is 11.6 Å². The highest BCUT2D eigenvalue weighted by atomic mass is 35.5. The van der Waals surface area contributed by atoms with E-state index in [1.54, 1.807) is 6.08 Å². The Kier molecular flexibility index (Phi) is 2.07. The number of hydrogen-bond donors (Lipinski definition) is 0. The maximum absolute atomic E-state index is 6.09. The average molecular weight is 189 g/mol. The van der Waals surface area contributed by atoms with Crippen LogP contribution in [0.15, 0.2) is 43.0 Å². The van der Waals surface area contributed by atoms with Crippen molar-refractivity contribution in [2.75, 3.05) is 0 Å². The molecule has 0 bridgehead atoms. The summed E-state index contributed by atoms with van der Waals surface area (Å²) < 4.78 is 0. The normalized spacial score (nSPS) is 10.2. The molecule has 0 aliphatic carbocycles. The van der Waals surface area contributed by atoms with Crippen molar-refractivity contribution in [3.63, 3.8) is 0 Å². The maximum Gasteiger partial charge on any atom is 0.0490 e. The van der Waals surface area contributed by atoms with E-state index in [0.29, 0.717) is 0 Å². The van der Waals surface area contributed by atoms with E-state index in [-0.39, 0.29) is 0 Å². The Labute approximate surface area is 82.5 Å². The first kappa shape index (κ1) is 8.33. The Bertz CT molecular complexity index is 458. The SMILES string of the molecule is C=Cc1cc(Cl)c2ccccc2c1.